The zero-order chi connectivity index (χ0) is 12.5. The second-order valence-corrected chi connectivity index (χ2v) is 4.95. The molecule has 1 rings (SSSR count). The van der Waals surface area contributed by atoms with Crippen LogP contribution in [0.2, 0.25) is 0 Å². The van der Waals surface area contributed by atoms with Crippen molar-refractivity contribution in [1.82, 2.24) is 9.78 Å². The summed E-state index contributed by atoms with van der Waals surface area (Å²) >= 11 is 0. The fourth-order valence-electron chi connectivity index (χ4n) is 1.16. The highest BCUT2D eigenvalue weighted by Gasteiger charge is 2.22. The molecule has 1 heterocycles. The Morgan fingerprint density at radius 2 is 2.12 bits per heavy atom. The number of aromatic nitrogens is 2. The lowest BCUT2D eigenvalue weighted by Gasteiger charge is -2.08. The van der Waals surface area contributed by atoms with Gasteiger partial charge in [-0.3, -0.25) is 0 Å². The average Bonchev–Trinajstić information content (AvgIpc) is 2.60. The number of nitrogens with two attached hydrogens (primary N) is 1. The third-order valence-electron chi connectivity index (χ3n) is 1.88. The predicted molar refractivity (Wildman–Crippen MR) is 55.3 cm³/mol. The van der Waals surface area contributed by atoms with Crippen molar-refractivity contribution in [2.45, 2.75) is 24.9 Å². The van der Waals surface area contributed by atoms with E-state index in [2.05, 4.69) is 9.84 Å². The van der Waals surface area contributed by atoms with E-state index in [-0.39, 0.29) is 16.8 Å². The van der Waals surface area contributed by atoms with Crippen LogP contribution in [-0.4, -0.2) is 31.3 Å². The maximum atomic E-state index is 11.2. The summed E-state index contributed by atoms with van der Waals surface area (Å²) in [7, 11) is -2.72. The molecule has 2 N–H and O–H groups in total. The highest BCUT2D eigenvalue weighted by Crippen LogP contribution is 2.15. The van der Waals surface area contributed by atoms with Crippen LogP contribution in [0.25, 0.3) is 0 Å². The lowest BCUT2D eigenvalue weighted by atomic mass is 10.4. The first-order valence-corrected chi connectivity index (χ1v) is 6.02. The Kier molecular flexibility index (Phi) is 3.34. The molecular weight excluding hydrogens is 234 g/mol. The molecule has 1 aromatic rings. The summed E-state index contributed by atoms with van der Waals surface area (Å²) in [5.41, 5.74) is -0.0831. The largest absolute Gasteiger partial charge is 0.464 e. The number of rotatable bonds is 3. The third-order valence-corrected chi connectivity index (χ3v) is 2.76. The van der Waals surface area contributed by atoms with Crippen LogP contribution < -0.4 is 5.14 Å². The summed E-state index contributed by atoms with van der Waals surface area (Å²) in [5.74, 6) is -0.704. The van der Waals surface area contributed by atoms with Crippen LogP contribution in [-0.2, 0) is 14.8 Å². The first-order valence-electron chi connectivity index (χ1n) is 4.48. The summed E-state index contributed by atoms with van der Waals surface area (Å²) in [6.07, 6.45) is 0. The van der Waals surface area contributed by atoms with E-state index >= 15 is 0 Å². The van der Waals surface area contributed by atoms with Crippen LogP contribution in [0.5, 0.6) is 0 Å². The number of esters is 1. The van der Waals surface area contributed by atoms with Gasteiger partial charge in [-0.05, 0) is 13.8 Å². The van der Waals surface area contributed by atoms with Crippen LogP contribution in [0.1, 0.15) is 30.4 Å². The van der Waals surface area contributed by atoms with E-state index in [4.69, 9.17) is 5.14 Å². The molecule has 0 fully saturated rings. The third kappa shape index (κ3) is 2.39. The molecule has 0 spiro atoms. The van der Waals surface area contributed by atoms with Gasteiger partial charge in [-0.1, -0.05) is 0 Å². The minimum atomic E-state index is -3.91. The summed E-state index contributed by atoms with van der Waals surface area (Å²) in [6.45, 7) is 3.45. The summed E-state index contributed by atoms with van der Waals surface area (Å²) < 4.78 is 28.1. The standard InChI is InChI=1S/C8H13N3O4S/c1-5(2)11-7(16(9,13)14)4-6(10-11)8(12)15-3/h4-5H,1-3H3,(H2,9,13,14). The van der Waals surface area contributed by atoms with Gasteiger partial charge in [0.05, 0.1) is 7.11 Å². The Bertz CT molecular complexity index is 503. The molecule has 0 aliphatic rings. The predicted octanol–water partition coefficient (Wildman–Crippen LogP) is -0.102. The molecule has 0 radical (unpaired) electrons. The molecule has 0 saturated heterocycles. The van der Waals surface area contributed by atoms with E-state index in [1.807, 2.05) is 0 Å². The normalized spacial score (nSPS) is 11.8. The molecule has 0 aliphatic carbocycles. The highest BCUT2D eigenvalue weighted by molar-refractivity contribution is 7.89. The molecule has 0 aliphatic heterocycles. The zero-order valence-electron chi connectivity index (χ0n) is 9.17. The van der Waals surface area contributed by atoms with Crippen molar-refractivity contribution < 1.29 is 17.9 Å². The first kappa shape index (κ1) is 12.7. The first-order chi connectivity index (χ1) is 7.27. The molecule has 0 aromatic carbocycles. The summed E-state index contributed by atoms with van der Waals surface area (Å²) in [6, 6.07) is 0.869. The van der Waals surface area contributed by atoms with E-state index in [1.165, 1.54) is 11.8 Å². The van der Waals surface area contributed by atoms with Gasteiger partial charge in [0.25, 0.3) is 10.0 Å². The molecule has 90 valence electrons. The average molecular weight is 247 g/mol. The second-order valence-electron chi connectivity index (χ2n) is 3.44. The number of carbonyl (C=O) groups is 1. The molecule has 0 saturated carbocycles. The Morgan fingerprint density at radius 1 is 1.56 bits per heavy atom. The van der Waals surface area contributed by atoms with Gasteiger partial charge in [-0.2, -0.15) is 5.10 Å². The lowest BCUT2D eigenvalue weighted by Crippen LogP contribution is -2.19. The number of sulfonamides is 1. The molecule has 1 aromatic heterocycles. The van der Waals surface area contributed by atoms with Gasteiger partial charge in [0.15, 0.2) is 10.7 Å². The number of primary sulfonamides is 1. The molecule has 0 bridgehead atoms. The Hall–Kier alpha value is -1.41. The number of nitrogens with zero attached hydrogens (tertiary/aromatic N) is 2. The molecule has 16 heavy (non-hydrogen) atoms. The summed E-state index contributed by atoms with van der Waals surface area (Å²) in [5, 5.41) is 8.63. The lowest BCUT2D eigenvalue weighted by molar-refractivity contribution is 0.0593. The SMILES string of the molecule is COC(=O)c1cc(S(N)(=O)=O)n(C(C)C)n1. The van der Waals surface area contributed by atoms with Crippen LogP contribution in [0.15, 0.2) is 11.1 Å². The van der Waals surface area contributed by atoms with Crippen molar-refractivity contribution in [3.63, 3.8) is 0 Å². The van der Waals surface area contributed by atoms with E-state index in [0.717, 1.165) is 6.07 Å². The minimum Gasteiger partial charge on any atom is -0.464 e. The second kappa shape index (κ2) is 4.22. The molecule has 0 atom stereocenters. The van der Waals surface area contributed by atoms with Gasteiger partial charge >= 0.3 is 5.97 Å². The topological polar surface area (TPSA) is 104 Å². The van der Waals surface area contributed by atoms with Crippen molar-refractivity contribution in [3.05, 3.63) is 11.8 Å². The van der Waals surface area contributed by atoms with Crippen LogP contribution in [0, 0.1) is 0 Å². The van der Waals surface area contributed by atoms with Gasteiger partial charge in [0.1, 0.15) is 0 Å². The van der Waals surface area contributed by atoms with Crippen molar-refractivity contribution in [2.75, 3.05) is 7.11 Å². The maximum absolute atomic E-state index is 11.2. The Morgan fingerprint density at radius 3 is 2.44 bits per heavy atom. The van der Waals surface area contributed by atoms with Gasteiger partial charge in [0.2, 0.25) is 0 Å². The van der Waals surface area contributed by atoms with Gasteiger partial charge < -0.3 is 4.74 Å². The van der Waals surface area contributed by atoms with Crippen molar-refractivity contribution >= 4 is 16.0 Å². The monoisotopic (exact) mass is 247 g/mol. The number of hydrogen-bond donors (Lipinski definition) is 1. The number of carbonyl (C=O) groups excluding carboxylic acids is 1. The molecule has 0 amide bonds. The molecule has 8 heteroatoms. The van der Waals surface area contributed by atoms with E-state index in [1.54, 1.807) is 13.8 Å². The van der Waals surface area contributed by atoms with Gasteiger partial charge in [-0.25, -0.2) is 23.0 Å². The van der Waals surface area contributed by atoms with Crippen LogP contribution >= 0.6 is 0 Å². The number of hydrogen-bond acceptors (Lipinski definition) is 5. The Balaban J connectivity index is 3.38. The number of ether oxygens (including phenoxy) is 1. The molecular formula is C8H13N3O4S. The van der Waals surface area contributed by atoms with Gasteiger partial charge in [0, 0.05) is 12.1 Å². The number of methoxy groups -OCH3 is 1. The fourth-order valence-corrected chi connectivity index (χ4v) is 1.95. The van der Waals surface area contributed by atoms with E-state index < -0.39 is 16.0 Å². The summed E-state index contributed by atoms with van der Waals surface area (Å²) in [4.78, 5) is 11.2. The van der Waals surface area contributed by atoms with Crippen molar-refractivity contribution in [3.8, 4) is 0 Å². The molecule has 0 unspecified atom stereocenters. The van der Waals surface area contributed by atoms with Crippen molar-refractivity contribution in [1.29, 1.82) is 0 Å². The van der Waals surface area contributed by atoms with E-state index in [9.17, 15) is 13.2 Å². The maximum Gasteiger partial charge on any atom is 0.358 e. The molecule has 7 nitrogen and oxygen atoms in total. The smallest absolute Gasteiger partial charge is 0.358 e. The quantitative estimate of drug-likeness (QED) is 0.751. The Labute approximate surface area is 93.2 Å². The highest BCUT2D eigenvalue weighted by atomic mass is 32.2. The van der Waals surface area contributed by atoms with E-state index in [0.29, 0.717) is 0 Å². The van der Waals surface area contributed by atoms with Crippen molar-refractivity contribution in [2.24, 2.45) is 5.14 Å². The van der Waals surface area contributed by atoms with Crippen LogP contribution in [0.4, 0.5) is 0 Å². The van der Waals surface area contributed by atoms with Gasteiger partial charge in [-0.15, -0.1) is 0 Å². The fraction of sp³-hybridized carbons (Fsp3) is 0.500. The zero-order valence-corrected chi connectivity index (χ0v) is 9.98. The van der Waals surface area contributed by atoms with Crippen LogP contribution in [0.3, 0.4) is 0 Å². The minimum absolute atomic E-state index is 0.0831.